The fourth-order valence-electron chi connectivity index (χ4n) is 5.43. The van der Waals surface area contributed by atoms with Crippen LogP contribution in [0.3, 0.4) is 0 Å². The number of hydrogen-bond donors (Lipinski definition) is 0. The molecule has 2 saturated heterocycles. The number of nitrogens with zero attached hydrogens (tertiary/aromatic N) is 2. The van der Waals surface area contributed by atoms with Gasteiger partial charge in [0.25, 0.3) is 0 Å². The maximum atomic E-state index is 13.4. The number of pyridine rings is 1. The van der Waals surface area contributed by atoms with Crippen molar-refractivity contribution < 1.29 is 14.3 Å². The normalized spacial score (nSPS) is 24.0. The third-order valence-electron chi connectivity index (χ3n) is 7.47. The van der Waals surface area contributed by atoms with Crippen LogP contribution in [0.25, 0.3) is 0 Å². The minimum Gasteiger partial charge on any atom is -0.492 e. The van der Waals surface area contributed by atoms with E-state index in [-0.39, 0.29) is 11.0 Å². The van der Waals surface area contributed by atoms with Crippen molar-refractivity contribution in [3.8, 4) is 5.75 Å². The van der Waals surface area contributed by atoms with Crippen LogP contribution >= 0.6 is 0 Å². The molecule has 164 valence electrons. The number of hydrogen-bond acceptors (Lipinski definition) is 4. The molecule has 1 aromatic heterocycles. The van der Waals surface area contributed by atoms with Crippen molar-refractivity contribution in [3.63, 3.8) is 0 Å². The molecule has 3 fully saturated rings. The second kappa shape index (κ2) is 8.62. The van der Waals surface area contributed by atoms with E-state index >= 15 is 0 Å². The van der Waals surface area contributed by atoms with Gasteiger partial charge in [-0.3, -0.25) is 9.78 Å². The van der Waals surface area contributed by atoms with Gasteiger partial charge in [-0.15, -0.1) is 0 Å². The second-order valence-electron chi connectivity index (χ2n) is 9.46. The standard InChI is InChI=1S/C26H32N2O3/c29-24(26(10-11-26)22-5-2-1-3-6-22)28-15-12-25(13-16-28)19-21(9-18-31-25)8-17-30-23-7-4-14-27-20-23/h1-7,14,20-21H,8-13,15-19H2. The molecule has 0 radical (unpaired) electrons. The predicted octanol–water partition coefficient (Wildman–Crippen LogP) is 4.37. The van der Waals surface area contributed by atoms with Gasteiger partial charge in [-0.2, -0.15) is 0 Å². The van der Waals surface area contributed by atoms with Crippen molar-refractivity contribution in [3.05, 3.63) is 60.4 Å². The van der Waals surface area contributed by atoms with Gasteiger partial charge in [0.2, 0.25) is 5.91 Å². The van der Waals surface area contributed by atoms with Crippen molar-refractivity contribution in [1.29, 1.82) is 0 Å². The highest BCUT2D eigenvalue weighted by atomic mass is 16.5. The molecule has 1 aromatic carbocycles. The molecule has 5 heteroatoms. The number of likely N-dealkylation sites (tertiary alicyclic amines) is 1. The summed E-state index contributed by atoms with van der Waals surface area (Å²) in [6, 6.07) is 14.2. The van der Waals surface area contributed by atoms with Crippen LogP contribution in [0, 0.1) is 5.92 Å². The molecule has 0 bridgehead atoms. The zero-order valence-electron chi connectivity index (χ0n) is 18.2. The number of amides is 1. The van der Waals surface area contributed by atoms with Crippen LogP contribution in [0.4, 0.5) is 0 Å². The van der Waals surface area contributed by atoms with Crippen LogP contribution in [-0.4, -0.2) is 47.7 Å². The molecule has 1 unspecified atom stereocenters. The Bertz CT molecular complexity index is 874. The molecule has 1 aliphatic carbocycles. The number of carbonyl (C=O) groups excluding carboxylic acids is 1. The highest BCUT2D eigenvalue weighted by molar-refractivity contribution is 5.91. The van der Waals surface area contributed by atoms with Gasteiger partial charge >= 0.3 is 0 Å². The minimum absolute atomic E-state index is 0.0581. The second-order valence-corrected chi connectivity index (χ2v) is 9.46. The molecule has 31 heavy (non-hydrogen) atoms. The first-order chi connectivity index (χ1) is 15.2. The van der Waals surface area contributed by atoms with Crippen molar-refractivity contribution in [2.24, 2.45) is 5.92 Å². The molecule has 3 heterocycles. The summed E-state index contributed by atoms with van der Waals surface area (Å²) in [6.07, 6.45) is 10.6. The van der Waals surface area contributed by atoms with Gasteiger partial charge in [-0.25, -0.2) is 0 Å². The Kier molecular flexibility index (Phi) is 5.70. The van der Waals surface area contributed by atoms with Crippen LogP contribution in [0.5, 0.6) is 5.75 Å². The van der Waals surface area contributed by atoms with Crippen LogP contribution in [0.2, 0.25) is 0 Å². The summed E-state index contributed by atoms with van der Waals surface area (Å²) in [5, 5.41) is 0. The van der Waals surface area contributed by atoms with E-state index in [1.54, 1.807) is 12.4 Å². The highest BCUT2D eigenvalue weighted by Crippen LogP contribution is 2.50. The number of piperidine rings is 1. The maximum Gasteiger partial charge on any atom is 0.233 e. The summed E-state index contributed by atoms with van der Waals surface area (Å²) < 4.78 is 12.2. The van der Waals surface area contributed by atoms with Crippen LogP contribution in [0.15, 0.2) is 54.9 Å². The lowest BCUT2D eigenvalue weighted by Crippen LogP contribution is -2.52. The van der Waals surface area contributed by atoms with Crippen molar-refractivity contribution in [2.45, 2.75) is 56.0 Å². The van der Waals surface area contributed by atoms with Gasteiger partial charge in [0.05, 0.1) is 23.8 Å². The largest absolute Gasteiger partial charge is 0.492 e. The minimum atomic E-state index is -0.259. The summed E-state index contributed by atoms with van der Waals surface area (Å²) >= 11 is 0. The Morgan fingerprint density at radius 2 is 1.90 bits per heavy atom. The number of benzene rings is 1. The fraction of sp³-hybridized carbons (Fsp3) is 0.538. The van der Waals surface area contributed by atoms with Gasteiger partial charge in [0.1, 0.15) is 5.75 Å². The van der Waals surface area contributed by atoms with E-state index in [9.17, 15) is 4.79 Å². The van der Waals surface area contributed by atoms with E-state index < -0.39 is 0 Å². The number of rotatable bonds is 6. The monoisotopic (exact) mass is 420 g/mol. The fourth-order valence-corrected chi connectivity index (χ4v) is 5.43. The van der Waals surface area contributed by atoms with Gasteiger partial charge in [-0.05, 0) is 68.6 Å². The zero-order valence-corrected chi connectivity index (χ0v) is 18.2. The lowest BCUT2D eigenvalue weighted by molar-refractivity contribution is -0.149. The third kappa shape index (κ3) is 4.33. The Labute approximate surface area is 184 Å². The van der Waals surface area contributed by atoms with Gasteiger partial charge < -0.3 is 14.4 Å². The summed E-state index contributed by atoms with van der Waals surface area (Å²) in [6.45, 7) is 3.16. The molecule has 5 rings (SSSR count). The molecule has 0 N–H and O–H groups in total. The van der Waals surface area contributed by atoms with Crippen LogP contribution in [-0.2, 0) is 14.9 Å². The molecule has 1 amide bonds. The molecular formula is C26H32N2O3. The Morgan fingerprint density at radius 3 is 2.61 bits per heavy atom. The third-order valence-corrected chi connectivity index (χ3v) is 7.47. The topological polar surface area (TPSA) is 51.7 Å². The van der Waals surface area contributed by atoms with E-state index in [1.165, 1.54) is 5.56 Å². The first-order valence-corrected chi connectivity index (χ1v) is 11.7. The molecule has 2 aliphatic heterocycles. The first kappa shape index (κ1) is 20.5. The lowest BCUT2D eigenvalue weighted by Gasteiger charge is -2.46. The molecule has 1 atom stereocenters. The van der Waals surface area contributed by atoms with E-state index in [0.29, 0.717) is 11.8 Å². The van der Waals surface area contributed by atoms with E-state index in [0.717, 1.165) is 77.0 Å². The summed E-state index contributed by atoms with van der Waals surface area (Å²) in [7, 11) is 0. The van der Waals surface area contributed by atoms with Crippen molar-refractivity contribution >= 4 is 5.91 Å². The molecule has 2 aromatic rings. The highest BCUT2D eigenvalue weighted by Gasteiger charge is 2.54. The zero-order chi connectivity index (χ0) is 21.2. The smallest absolute Gasteiger partial charge is 0.233 e. The summed E-state index contributed by atoms with van der Waals surface area (Å²) in [4.78, 5) is 19.6. The molecule has 1 spiro atoms. The SMILES string of the molecule is O=C(N1CCC2(CC1)CC(CCOc1cccnc1)CCO2)C1(c2ccccc2)CC1. The van der Waals surface area contributed by atoms with Gasteiger partial charge in [0, 0.05) is 25.9 Å². The molecule has 1 saturated carbocycles. The van der Waals surface area contributed by atoms with Gasteiger partial charge in [-0.1, -0.05) is 30.3 Å². The Hall–Kier alpha value is -2.40. The van der Waals surface area contributed by atoms with Crippen LogP contribution in [0.1, 0.15) is 50.5 Å². The maximum absolute atomic E-state index is 13.4. The summed E-state index contributed by atoms with van der Waals surface area (Å²) in [5.41, 5.74) is 0.867. The van der Waals surface area contributed by atoms with E-state index in [2.05, 4.69) is 22.0 Å². The summed E-state index contributed by atoms with van der Waals surface area (Å²) in [5.74, 6) is 1.78. The molecular weight excluding hydrogens is 388 g/mol. The van der Waals surface area contributed by atoms with Gasteiger partial charge in [0.15, 0.2) is 0 Å². The number of aromatic nitrogens is 1. The Balaban J connectivity index is 1.14. The average molecular weight is 421 g/mol. The van der Waals surface area contributed by atoms with Crippen LogP contribution < -0.4 is 4.74 Å². The molecule has 5 nitrogen and oxygen atoms in total. The van der Waals surface area contributed by atoms with E-state index in [1.807, 2.05) is 30.3 Å². The predicted molar refractivity (Wildman–Crippen MR) is 119 cm³/mol. The van der Waals surface area contributed by atoms with E-state index in [4.69, 9.17) is 9.47 Å². The lowest BCUT2D eigenvalue weighted by atomic mass is 9.78. The number of ether oxygens (including phenoxy) is 2. The van der Waals surface area contributed by atoms with Crippen molar-refractivity contribution in [2.75, 3.05) is 26.3 Å². The Morgan fingerprint density at radius 1 is 1.10 bits per heavy atom. The number of carbonyl (C=O) groups is 1. The quantitative estimate of drug-likeness (QED) is 0.696. The average Bonchev–Trinajstić information content (AvgIpc) is 3.63. The first-order valence-electron chi connectivity index (χ1n) is 11.7. The molecule has 3 aliphatic rings. The van der Waals surface area contributed by atoms with Crippen molar-refractivity contribution in [1.82, 2.24) is 9.88 Å².